The number of benzene rings is 1. The SMILES string of the molecule is CCNc1ccc([N+](=O)[O-])c(Sc2ccc(C)c(C)c2)n1. The second-order valence-corrected chi connectivity index (χ2v) is 5.72. The fourth-order valence-electron chi connectivity index (χ4n) is 1.82. The summed E-state index contributed by atoms with van der Waals surface area (Å²) in [5.41, 5.74) is 2.38. The standard InChI is InChI=1S/C15H17N3O2S/c1-4-16-14-8-7-13(18(19)20)15(17-14)21-12-6-5-10(2)11(3)9-12/h5-9H,4H2,1-3H3,(H,16,17). The summed E-state index contributed by atoms with van der Waals surface area (Å²) in [4.78, 5) is 16.0. The van der Waals surface area contributed by atoms with Gasteiger partial charge in [-0.3, -0.25) is 10.1 Å². The van der Waals surface area contributed by atoms with Crippen molar-refractivity contribution in [3.8, 4) is 0 Å². The number of hydrogen-bond acceptors (Lipinski definition) is 5. The number of nitro groups is 1. The molecule has 1 N–H and O–H groups in total. The van der Waals surface area contributed by atoms with E-state index in [1.807, 2.05) is 39.0 Å². The number of hydrogen-bond donors (Lipinski definition) is 1. The van der Waals surface area contributed by atoms with Gasteiger partial charge in [0, 0.05) is 17.5 Å². The van der Waals surface area contributed by atoms with Gasteiger partial charge in [-0.2, -0.15) is 0 Å². The van der Waals surface area contributed by atoms with Gasteiger partial charge in [-0.1, -0.05) is 17.8 Å². The highest BCUT2D eigenvalue weighted by molar-refractivity contribution is 7.99. The van der Waals surface area contributed by atoms with Gasteiger partial charge in [0.05, 0.1) is 4.92 Å². The number of nitrogens with one attached hydrogen (secondary N) is 1. The molecule has 6 heteroatoms. The maximum atomic E-state index is 11.1. The van der Waals surface area contributed by atoms with Crippen LogP contribution in [0.4, 0.5) is 11.5 Å². The normalized spacial score (nSPS) is 10.4. The van der Waals surface area contributed by atoms with Crippen molar-refractivity contribution >= 4 is 23.3 Å². The molecule has 0 unspecified atom stereocenters. The van der Waals surface area contributed by atoms with Gasteiger partial charge in [0.25, 0.3) is 0 Å². The van der Waals surface area contributed by atoms with Crippen molar-refractivity contribution < 1.29 is 4.92 Å². The van der Waals surface area contributed by atoms with Gasteiger partial charge in [0.1, 0.15) is 5.82 Å². The molecule has 0 bridgehead atoms. The van der Waals surface area contributed by atoms with Crippen molar-refractivity contribution in [2.45, 2.75) is 30.7 Å². The van der Waals surface area contributed by atoms with Crippen molar-refractivity contribution in [3.63, 3.8) is 0 Å². The van der Waals surface area contributed by atoms with E-state index in [0.29, 0.717) is 10.8 Å². The molecule has 0 spiro atoms. The van der Waals surface area contributed by atoms with Crippen molar-refractivity contribution in [2.24, 2.45) is 0 Å². The van der Waals surface area contributed by atoms with E-state index in [9.17, 15) is 10.1 Å². The first-order chi connectivity index (χ1) is 10.0. The molecule has 0 saturated carbocycles. The third-order valence-corrected chi connectivity index (χ3v) is 4.07. The number of rotatable bonds is 5. The molecule has 0 fully saturated rings. The minimum absolute atomic E-state index is 0.0277. The summed E-state index contributed by atoms with van der Waals surface area (Å²) in [5, 5.41) is 14.6. The number of pyridine rings is 1. The summed E-state index contributed by atoms with van der Waals surface area (Å²) in [6.45, 7) is 6.74. The Kier molecular flexibility index (Phi) is 4.80. The maximum absolute atomic E-state index is 11.1. The highest BCUT2D eigenvalue weighted by Gasteiger charge is 2.17. The topological polar surface area (TPSA) is 68.1 Å². The largest absolute Gasteiger partial charge is 0.370 e. The minimum Gasteiger partial charge on any atom is -0.370 e. The zero-order valence-electron chi connectivity index (χ0n) is 12.2. The molecule has 0 amide bonds. The summed E-state index contributed by atoms with van der Waals surface area (Å²) in [6, 6.07) is 9.11. The molecule has 1 aromatic carbocycles. The Labute approximate surface area is 127 Å². The smallest absolute Gasteiger partial charge is 0.301 e. The number of aryl methyl sites for hydroxylation is 2. The first-order valence-corrected chi connectivity index (χ1v) is 7.47. The average molecular weight is 303 g/mol. The second kappa shape index (κ2) is 6.58. The first-order valence-electron chi connectivity index (χ1n) is 6.65. The van der Waals surface area contributed by atoms with Crippen LogP contribution in [0.2, 0.25) is 0 Å². The average Bonchev–Trinajstić information content (AvgIpc) is 2.43. The van der Waals surface area contributed by atoms with Crippen molar-refractivity contribution in [1.29, 1.82) is 0 Å². The summed E-state index contributed by atoms with van der Waals surface area (Å²) < 4.78 is 0. The molecule has 0 aliphatic carbocycles. The third kappa shape index (κ3) is 3.72. The molecular formula is C15H17N3O2S. The number of nitrogens with zero attached hydrogens (tertiary/aromatic N) is 2. The minimum atomic E-state index is -0.397. The Morgan fingerprint density at radius 2 is 2.00 bits per heavy atom. The summed E-state index contributed by atoms with van der Waals surface area (Å²) in [6.07, 6.45) is 0. The Morgan fingerprint density at radius 3 is 2.62 bits per heavy atom. The van der Waals surface area contributed by atoms with Gasteiger partial charge in [0.2, 0.25) is 0 Å². The molecule has 0 atom stereocenters. The molecule has 0 radical (unpaired) electrons. The molecule has 1 heterocycles. The molecule has 1 aromatic heterocycles. The van der Waals surface area contributed by atoms with Crippen LogP contribution in [-0.2, 0) is 0 Å². The van der Waals surface area contributed by atoms with Crippen LogP contribution >= 0.6 is 11.8 Å². The zero-order valence-corrected chi connectivity index (χ0v) is 13.0. The van der Waals surface area contributed by atoms with Gasteiger partial charge >= 0.3 is 5.69 Å². The van der Waals surface area contributed by atoms with Crippen molar-refractivity contribution in [3.05, 3.63) is 51.6 Å². The lowest BCUT2D eigenvalue weighted by molar-refractivity contribution is -0.388. The Bertz CT molecular complexity index is 674. The highest BCUT2D eigenvalue weighted by atomic mass is 32.2. The zero-order chi connectivity index (χ0) is 15.4. The molecule has 21 heavy (non-hydrogen) atoms. The highest BCUT2D eigenvalue weighted by Crippen LogP contribution is 2.34. The van der Waals surface area contributed by atoms with E-state index < -0.39 is 4.92 Å². The molecule has 2 rings (SSSR count). The summed E-state index contributed by atoms with van der Waals surface area (Å²) in [5.74, 6) is 0.648. The second-order valence-electron chi connectivity index (χ2n) is 4.66. The Morgan fingerprint density at radius 1 is 1.24 bits per heavy atom. The van der Waals surface area contributed by atoms with Crippen LogP contribution in [0, 0.1) is 24.0 Å². The Balaban J connectivity index is 2.37. The van der Waals surface area contributed by atoms with Crippen LogP contribution in [0.15, 0.2) is 40.3 Å². The lowest BCUT2D eigenvalue weighted by Crippen LogP contribution is -2.01. The molecule has 0 saturated heterocycles. The lowest BCUT2D eigenvalue weighted by Gasteiger charge is -2.07. The van der Waals surface area contributed by atoms with Gasteiger partial charge in [0.15, 0.2) is 5.03 Å². The molecule has 2 aromatic rings. The van der Waals surface area contributed by atoms with Crippen molar-refractivity contribution in [1.82, 2.24) is 4.98 Å². The van der Waals surface area contributed by atoms with Crippen LogP contribution in [0.5, 0.6) is 0 Å². The predicted molar refractivity (Wildman–Crippen MR) is 85.1 cm³/mol. The Hall–Kier alpha value is -2.08. The lowest BCUT2D eigenvalue weighted by atomic mass is 10.1. The van der Waals surface area contributed by atoms with Crippen LogP contribution < -0.4 is 5.32 Å². The molecule has 110 valence electrons. The fourth-order valence-corrected chi connectivity index (χ4v) is 2.80. The quantitative estimate of drug-likeness (QED) is 0.662. The van der Waals surface area contributed by atoms with E-state index in [4.69, 9.17) is 0 Å². The number of aromatic nitrogens is 1. The molecular weight excluding hydrogens is 286 g/mol. The van der Waals surface area contributed by atoms with E-state index in [1.54, 1.807) is 6.07 Å². The summed E-state index contributed by atoms with van der Waals surface area (Å²) in [7, 11) is 0. The first kappa shape index (κ1) is 15.3. The van der Waals surface area contributed by atoms with Gasteiger partial charge in [-0.15, -0.1) is 0 Å². The summed E-state index contributed by atoms with van der Waals surface area (Å²) >= 11 is 1.31. The van der Waals surface area contributed by atoms with E-state index in [0.717, 1.165) is 17.0 Å². The van der Waals surface area contributed by atoms with Crippen LogP contribution in [0.25, 0.3) is 0 Å². The van der Waals surface area contributed by atoms with Gasteiger partial charge in [-0.25, -0.2) is 4.98 Å². The van der Waals surface area contributed by atoms with Crippen LogP contribution in [-0.4, -0.2) is 16.5 Å². The third-order valence-electron chi connectivity index (χ3n) is 3.09. The van der Waals surface area contributed by atoms with Gasteiger partial charge in [-0.05, 0) is 50.1 Å². The van der Waals surface area contributed by atoms with Gasteiger partial charge < -0.3 is 5.32 Å². The molecule has 5 nitrogen and oxygen atoms in total. The monoisotopic (exact) mass is 303 g/mol. The van der Waals surface area contributed by atoms with E-state index in [-0.39, 0.29) is 5.69 Å². The van der Waals surface area contributed by atoms with E-state index in [2.05, 4.69) is 10.3 Å². The molecule has 0 aliphatic heterocycles. The van der Waals surface area contributed by atoms with E-state index >= 15 is 0 Å². The van der Waals surface area contributed by atoms with Crippen LogP contribution in [0.1, 0.15) is 18.1 Å². The fraction of sp³-hybridized carbons (Fsp3) is 0.267. The van der Waals surface area contributed by atoms with E-state index in [1.165, 1.54) is 23.4 Å². The predicted octanol–water partition coefficient (Wildman–Crippen LogP) is 4.19. The number of anilines is 1. The molecule has 0 aliphatic rings. The maximum Gasteiger partial charge on any atom is 0.301 e. The van der Waals surface area contributed by atoms with Crippen molar-refractivity contribution in [2.75, 3.05) is 11.9 Å². The van der Waals surface area contributed by atoms with Crippen LogP contribution in [0.3, 0.4) is 0 Å².